The summed E-state index contributed by atoms with van der Waals surface area (Å²) in [6, 6.07) is 13.0. The number of carboxylic acid groups (broad SMARTS) is 1. The van der Waals surface area contributed by atoms with Gasteiger partial charge in [0.05, 0.1) is 7.11 Å². The second-order valence-electron chi connectivity index (χ2n) is 7.05. The highest BCUT2D eigenvalue weighted by Crippen LogP contribution is 2.34. The standard InChI is InChI=1S/C22H26O5/c1-22(2,3)19-15-18(25-4)10-11-20(19)27-14-13-26-17-8-5-16(6-9-17)7-12-21(23)24/h5-12,15H,13-14H2,1-4H3,(H,23,24). The van der Waals surface area contributed by atoms with E-state index >= 15 is 0 Å². The van der Waals surface area contributed by atoms with E-state index in [0.29, 0.717) is 19.0 Å². The summed E-state index contributed by atoms with van der Waals surface area (Å²) in [7, 11) is 1.65. The van der Waals surface area contributed by atoms with E-state index in [2.05, 4.69) is 20.8 Å². The lowest BCUT2D eigenvalue weighted by Gasteiger charge is -2.23. The minimum atomic E-state index is -0.972. The molecule has 1 N–H and O–H groups in total. The van der Waals surface area contributed by atoms with Gasteiger partial charge in [0.1, 0.15) is 30.5 Å². The van der Waals surface area contributed by atoms with Gasteiger partial charge >= 0.3 is 5.97 Å². The molecule has 2 rings (SSSR count). The molecule has 0 heterocycles. The number of benzene rings is 2. The maximum Gasteiger partial charge on any atom is 0.328 e. The van der Waals surface area contributed by atoms with Crippen molar-refractivity contribution < 1.29 is 24.1 Å². The maximum absolute atomic E-state index is 10.5. The molecule has 0 aliphatic heterocycles. The number of hydrogen-bond donors (Lipinski definition) is 1. The van der Waals surface area contributed by atoms with Gasteiger partial charge in [0.15, 0.2) is 0 Å². The summed E-state index contributed by atoms with van der Waals surface area (Å²) < 4.78 is 16.9. The van der Waals surface area contributed by atoms with E-state index in [1.165, 1.54) is 6.08 Å². The smallest absolute Gasteiger partial charge is 0.328 e. The highest BCUT2D eigenvalue weighted by molar-refractivity contribution is 5.85. The molecule has 144 valence electrons. The summed E-state index contributed by atoms with van der Waals surface area (Å²) in [5.74, 6) is 1.36. The first-order valence-corrected chi connectivity index (χ1v) is 8.75. The average Bonchev–Trinajstić information content (AvgIpc) is 2.63. The highest BCUT2D eigenvalue weighted by Gasteiger charge is 2.20. The van der Waals surface area contributed by atoms with Gasteiger partial charge in [-0.2, -0.15) is 0 Å². The number of hydrogen-bond acceptors (Lipinski definition) is 4. The summed E-state index contributed by atoms with van der Waals surface area (Å²) in [5.41, 5.74) is 1.81. The van der Waals surface area contributed by atoms with E-state index in [0.717, 1.165) is 28.7 Å². The molecule has 0 unspecified atom stereocenters. The summed E-state index contributed by atoms with van der Waals surface area (Å²) in [4.78, 5) is 10.5. The van der Waals surface area contributed by atoms with Crippen molar-refractivity contribution in [2.45, 2.75) is 26.2 Å². The zero-order valence-corrected chi connectivity index (χ0v) is 16.2. The van der Waals surface area contributed by atoms with Crippen LogP contribution in [-0.2, 0) is 10.2 Å². The lowest BCUT2D eigenvalue weighted by molar-refractivity contribution is -0.131. The van der Waals surface area contributed by atoms with Crippen LogP contribution < -0.4 is 14.2 Å². The maximum atomic E-state index is 10.5. The first-order valence-electron chi connectivity index (χ1n) is 8.75. The molecular weight excluding hydrogens is 344 g/mol. The van der Waals surface area contributed by atoms with Crippen LogP contribution in [0.5, 0.6) is 17.2 Å². The fraction of sp³-hybridized carbons (Fsp3) is 0.318. The van der Waals surface area contributed by atoms with E-state index in [1.807, 2.05) is 18.2 Å². The molecule has 0 aliphatic rings. The van der Waals surface area contributed by atoms with Gasteiger partial charge in [-0.3, -0.25) is 0 Å². The molecule has 0 amide bonds. The zero-order valence-electron chi connectivity index (χ0n) is 16.2. The Morgan fingerprint density at radius 3 is 2.22 bits per heavy atom. The average molecular weight is 370 g/mol. The first kappa shape index (κ1) is 20.4. The lowest BCUT2D eigenvalue weighted by Crippen LogP contribution is -2.16. The summed E-state index contributed by atoms with van der Waals surface area (Å²) >= 11 is 0. The minimum Gasteiger partial charge on any atom is -0.497 e. The Hall–Kier alpha value is -2.95. The topological polar surface area (TPSA) is 65.0 Å². The number of carboxylic acids is 1. The Morgan fingerprint density at radius 1 is 1.00 bits per heavy atom. The third kappa shape index (κ3) is 6.37. The molecule has 0 bridgehead atoms. The summed E-state index contributed by atoms with van der Waals surface area (Å²) in [5, 5.41) is 8.63. The molecule has 0 aliphatic carbocycles. The number of carbonyl (C=O) groups is 1. The summed E-state index contributed by atoms with van der Waals surface area (Å²) in [6.07, 6.45) is 2.64. The van der Waals surface area contributed by atoms with Crippen molar-refractivity contribution >= 4 is 12.0 Å². The largest absolute Gasteiger partial charge is 0.497 e. The Bertz CT molecular complexity index is 785. The molecule has 2 aromatic carbocycles. The predicted octanol–water partition coefficient (Wildman–Crippen LogP) is 4.55. The van der Waals surface area contributed by atoms with Gasteiger partial charge < -0.3 is 19.3 Å². The monoisotopic (exact) mass is 370 g/mol. The van der Waals surface area contributed by atoms with E-state index in [9.17, 15) is 4.79 Å². The van der Waals surface area contributed by atoms with Crippen molar-refractivity contribution in [3.8, 4) is 17.2 Å². The van der Waals surface area contributed by atoms with Crippen molar-refractivity contribution in [3.63, 3.8) is 0 Å². The van der Waals surface area contributed by atoms with Crippen LogP contribution in [0.25, 0.3) is 6.08 Å². The normalized spacial score (nSPS) is 11.4. The van der Waals surface area contributed by atoms with Crippen molar-refractivity contribution in [3.05, 3.63) is 59.7 Å². The molecule has 2 aromatic rings. The minimum absolute atomic E-state index is 0.0654. The van der Waals surface area contributed by atoms with Gasteiger partial charge in [0, 0.05) is 11.6 Å². The molecular formula is C22H26O5. The second-order valence-corrected chi connectivity index (χ2v) is 7.05. The van der Waals surface area contributed by atoms with E-state index < -0.39 is 5.97 Å². The van der Waals surface area contributed by atoms with Crippen LogP contribution in [-0.4, -0.2) is 31.4 Å². The number of rotatable bonds is 8. The molecule has 0 radical (unpaired) electrons. The van der Waals surface area contributed by atoms with Crippen molar-refractivity contribution in [1.82, 2.24) is 0 Å². The Kier molecular flexibility index (Phi) is 6.88. The highest BCUT2D eigenvalue weighted by atomic mass is 16.5. The molecule has 0 aromatic heterocycles. The van der Waals surface area contributed by atoms with Crippen LogP contribution in [0.15, 0.2) is 48.5 Å². The molecule has 27 heavy (non-hydrogen) atoms. The fourth-order valence-corrected chi connectivity index (χ4v) is 2.50. The van der Waals surface area contributed by atoms with Crippen LogP contribution >= 0.6 is 0 Å². The molecule has 0 atom stereocenters. The van der Waals surface area contributed by atoms with Crippen LogP contribution in [0.3, 0.4) is 0 Å². The van der Waals surface area contributed by atoms with Gasteiger partial charge in [-0.25, -0.2) is 4.79 Å². The Balaban J connectivity index is 1.91. The van der Waals surface area contributed by atoms with E-state index in [-0.39, 0.29) is 5.41 Å². The van der Waals surface area contributed by atoms with Gasteiger partial charge in [-0.1, -0.05) is 32.9 Å². The van der Waals surface area contributed by atoms with Gasteiger partial charge in [0.25, 0.3) is 0 Å². The Morgan fingerprint density at radius 2 is 1.63 bits per heavy atom. The van der Waals surface area contributed by atoms with Gasteiger partial charge in [-0.05, 0) is 47.4 Å². The predicted molar refractivity (Wildman–Crippen MR) is 106 cm³/mol. The van der Waals surface area contributed by atoms with Crippen LogP contribution in [0, 0.1) is 0 Å². The lowest BCUT2D eigenvalue weighted by atomic mass is 9.86. The van der Waals surface area contributed by atoms with E-state index in [4.69, 9.17) is 19.3 Å². The van der Waals surface area contributed by atoms with Crippen molar-refractivity contribution in [2.75, 3.05) is 20.3 Å². The molecule has 5 nitrogen and oxygen atoms in total. The van der Waals surface area contributed by atoms with Crippen LogP contribution in [0.1, 0.15) is 31.9 Å². The van der Waals surface area contributed by atoms with E-state index in [1.54, 1.807) is 31.4 Å². The number of methoxy groups -OCH3 is 1. The SMILES string of the molecule is COc1ccc(OCCOc2ccc(C=CC(=O)O)cc2)c(C(C)(C)C)c1. The molecule has 0 saturated heterocycles. The number of ether oxygens (including phenoxy) is 3. The van der Waals surface area contributed by atoms with Gasteiger partial charge in [-0.15, -0.1) is 0 Å². The molecule has 0 saturated carbocycles. The third-order valence-electron chi connectivity index (χ3n) is 3.90. The number of aliphatic carboxylic acids is 1. The third-order valence-corrected chi connectivity index (χ3v) is 3.90. The zero-order chi connectivity index (χ0) is 19.9. The van der Waals surface area contributed by atoms with Crippen molar-refractivity contribution in [2.24, 2.45) is 0 Å². The van der Waals surface area contributed by atoms with Crippen LogP contribution in [0.4, 0.5) is 0 Å². The Labute approximate surface area is 160 Å². The molecule has 5 heteroatoms. The second kappa shape index (κ2) is 9.12. The summed E-state index contributed by atoms with van der Waals surface area (Å²) in [6.45, 7) is 7.21. The molecule has 0 spiro atoms. The quantitative estimate of drug-likeness (QED) is 0.545. The van der Waals surface area contributed by atoms with Gasteiger partial charge in [0.2, 0.25) is 0 Å². The molecule has 0 fully saturated rings. The van der Waals surface area contributed by atoms with Crippen LogP contribution in [0.2, 0.25) is 0 Å². The van der Waals surface area contributed by atoms with Crippen molar-refractivity contribution in [1.29, 1.82) is 0 Å². The fourth-order valence-electron chi connectivity index (χ4n) is 2.50. The first-order chi connectivity index (χ1) is 12.8.